The van der Waals surface area contributed by atoms with Gasteiger partial charge in [-0.25, -0.2) is 4.79 Å². The number of nitrogens with one attached hydrogen (secondary N) is 1. The molecular formula is C19H25NO3. The molecule has 0 bridgehead atoms. The zero-order valence-electron chi connectivity index (χ0n) is 14.1. The molecule has 2 aromatic rings. The topological polar surface area (TPSA) is 47.6 Å². The first-order valence-corrected chi connectivity index (χ1v) is 8.14. The van der Waals surface area contributed by atoms with E-state index in [1.165, 1.54) is 0 Å². The fraction of sp³-hybridized carbons (Fsp3) is 0.421. The maximum Gasteiger partial charge on any atom is 0.366 e. The Balaban J connectivity index is 2.00. The van der Waals surface area contributed by atoms with Crippen LogP contribution in [0.3, 0.4) is 0 Å². The molecular weight excluding hydrogens is 290 g/mol. The van der Waals surface area contributed by atoms with Crippen LogP contribution in [0.5, 0.6) is 0 Å². The number of hydrogen-bond donors (Lipinski definition) is 1. The van der Waals surface area contributed by atoms with Crippen molar-refractivity contribution in [1.29, 1.82) is 0 Å². The maximum absolute atomic E-state index is 12.2. The molecule has 2 aromatic carbocycles. The van der Waals surface area contributed by atoms with Crippen LogP contribution in [0.1, 0.15) is 40.0 Å². The Morgan fingerprint density at radius 2 is 1.83 bits per heavy atom. The van der Waals surface area contributed by atoms with Crippen molar-refractivity contribution in [1.82, 2.24) is 0 Å². The molecule has 0 saturated carbocycles. The third kappa shape index (κ3) is 4.70. The van der Waals surface area contributed by atoms with Crippen molar-refractivity contribution in [3.05, 3.63) is 42.5 Å². The molecule has 0 fully saturated rings. The van der Waals surface area contributed by atoms with E-state index in [2.05, 4.69) is 12.2 Å². The summed E-state index contributed by atoms with van der Waals surface area (Å²) in [6, 6.07) is 14.0. The molecule has 0 amide bonds. The lowest BCUT2D eigenvalue weighted by Crippen LogP contribution is -2.41. The zero-order valence-corrected chi connectivity index (χ0v) is 14.1. The van der Waals surface area contributed by atoms with Crippen molar-refractivity contribution in [2.24, 2.45) is 0 Å². The van der Waals surface area contributed by atoms with Gasteiger partial charge in [0.05, 0.1) is 6.61 Å². The Labute approximate surface area is 137 Å². The number of rotatable bonds is 8. The van der Waals surface area contributed by atoms with Crippen molar-refractivity contribution in [3.63, 3.8) is 0 Å². The molecule has 0 unspecified atom stereocenters. The van der Waals surface area contributed by atoms with Crippen LogP contribution in [0.25, 0.3) is 10.8 Å². The minimum atomic E-state index is -0.880. The fourth-order valence-corrected chi connectivity index (χ4v) is 2.33. The summed E-state index contributed by atoms with van der Waals surface area (Å²) in [6.07, 6.45) is 3.06. The first-order valence-electron chi connectivity index (χ1n) is 8.14. The molecule has 124 valence electrons. The lowest BCUT2D eigenvalue weighted by atomic mass is 10.0. The molecule has 0 atom stereocenters. The van der Waals surface area contributed by atoms with E-state index in [1.54, 1.807) is 13.8 Å². The summed E-state index contributed by atoms with van der Waals surface area (Å²) in [5.74, 6) is -0.429. The molecule has 0 heterocycles. The van der Waals surface area contributed by atoms with E-state index in [1.807, 2.05) is 42.5 Å². The Hall–Kier alpha value is -2.07. The molecule has 0 aliphatic carbocycles. The van der Waals surface area contributed by atoms with Crippen LogP contribution in [0.2, 0.25) is 0 Å². The average Bonchev–Trinajstić information content (AvgIpc) is 2.54. The van der Waals surface area contributed by atoms with Gasteiger partial charge in [0.2, 0.25) is 0 Å². The van der Waals surface area contributed by atoms with Gasteiger partial charge in [-0.3, -0.25) is 4.89 Å². The zero-order chi connectivity index (χ0) is 16.7. The normalized spacial score (nSPS) is 11.4. The Morgan fingerprint density at radius 1 is 1.09 bits per heavy atom. The Kier molecular flexibility index (Phi) is 5.99. The summed E-state index contributed by atoms with van der Waals surface area (Å²) in [5, 5.41) is 5.45. The monoisotopic (exact) mass is 315 g/mol. The molecule has 1 N–H and O–H groups in total. The summed E-state index contributed by atoms with van der Waals surface area (Å²) < 4.78 is 0. The van der Waals surface area contributed by atoms with Gasteiger partial charge in [-0.05, 0) is 31.7 Å². The van der Waals surface area contributed by atoms with E-state index in [0.29, 0.717) is 6.61 Å². The van der Waals surface area contributed by atoms with Crippen LogP contribution < -0.4 is 5.32 Å². The fourth-order valence-electron chi connectivity index (χ4n) is 2.33. The highest BCUT2D eigenvalue weighted by Gasteiger charge is 2.30. The second-order valence-corrected chi connectivity index (χ2v) is 6.18. The number of fused-ring (bicyclic) bond motifs is 1. The van der Waals surface area contributed by atoms with E-state index in [9.17, 15) is 4.79 Å². The molecule has 0 saturated heterocycles. The Bertz CT molecular complexity index is 647. The third-order valence-corrected chi connectivity index (χ3v) is 3.71. The molecule has 0 aliphatic heterocycles. The number of carbonyl (C=O) groups excluding carboxylic acids is 1. The minimum absolute atomic E-state index is 0.429. The molecule has 0 spiro atoms. The van der Waals surface area contributed by atoms with Gasteiger partial charge in [-0.1, -0.05) is 56.2 Å². The van der Waals surface area contributed by atoms with Gasteiger partial charge in [-0.15, -0.1) is 0 Å². The summed E-state index contributed by atoms with van der Waals surface area (Å²) >= 11 is 0. The Morgan fingerprint density at radius 3 is 2.61 bits per heavy atom. The number of benzene rings is 2. The molecule has 4 nitrogen and oxygen atoms in total. The highest BCUT2D eigenvalue weighted by molar-refractivity contribution is 5.96. The minimum Gasteiger partial charge on any atom is -0.370 e. The van der Waals surface area contributed by atoms with Crippen molar-refractivity contribution < 1.29 is 14.6 Å². The van der Waals surface area contributed by atoms with Gasteiger partial charge in [0, 0.05) is 11.1 Å². The van der Waals surface area contributed by atoms with E-state index in [4.69, 9.17) is 9.78 Å². The van der Waals surface area contributed by atoms with Crippen LogP contribution in [-0.2, 0) is 14.6 Å². The van der Waals surface area contributed by atoms with Gasteiger partial charge >= 0.3 is 5.97 Å². The largest absolute Gasteiger partial charge is 0.370 e. The SMILES string of the molecule is CCCCCOOC(=O)C(C)(C)Nc1cccc2ccccc12. The smallest absolute Gasteiger partial charge is 0.366 e. The summed E-state index contributed by atoms with van der Waals surface area (Å²) in [7, 11) is 0. The number of hydrogen-bond acceptors (Lipinski definition) is 4. The van der Waals surface area contributed by atoms with Crippen molar-refractivity contribution >= 4 is 22.4 Å². The van der Waals surface area contributed by atoms with Crippen molar-refractivity contribution in [2.75, 3.05) is 11.9 Å². The van der Waals surface area contributed by atoms with E-state index in [0.717, 1.165) is 35.7 Å². The average molecular weight is 315 g/mol. The number of carbonyl (C=O) groups is 1. The van der Waals surface area contributed by atoms with Gasteiger partial charge in [0.25, 0.3) is 0 Å². The summed E-state index contributed by atoms with van der Waals surface area (Å²) in [6.45, 7) is 6.12. The second-order valence-electron chi connectivity index (χ2n) is 6.18. The standard InChI is InChI=1S/C19H25NO3/c1-4-5-8-14-22-23-18(21)19(2,3)20-17-13-9-11-15-10-6-7-12-16(15)17/h6-7,9-13,20H,4-5,8,14H2,1-3H3. The first kappa shape index (κ1) is 17.3. The lowest BCUT2D eigenvalue weighted by Gasteiger charge is -2.25. The second kappa shape index (κ2) is 7.97. The van der Waals surface area contributed by atoms with Crippen molar-refractivity contribution in [3.8, 4) is 0 Å². The number of anilines is 1. The van der Waals surface area contributed by atoms with Gasteiger partial charge in [-0.2, -0.15) is 4.89 Å². The van der Waals surface area contributed by atoms with Gasteiger partial charge in [0.1, 0.15) is 5.54 Å². The molecule has 0 radical (unpaired) electrons. The predicted octanol–water partition coefficient (Wildman–Crippen LogP) is 4.70. The van der Waals surface area contributed by atoms with Crippen LogP contribution in [-0.4, -0.2) is 18.1 Å². The third-order valence-electron chi connectivity index (χ3n) is 3.71. The van der Waals surface area contributed by atoms with Gasteiger partial charge in [0.15, 0.2) is 0 Å². The quantitative estimate of drug-likeness (QED) is 0.436. The van der Waals surface area contributed by atoms with Crippen molar-refractivity contribution in [2.45, 2.75) is 45.6 Å². The van der Waals surface area contributed by atoms with E-state index >= 15 is 0 Å². The van der Waals surface area contributed by atoms with Gasteiger partial charge < -0.3 is 5.32 Å². The predicted molar refractivity (Wildman–Crippen MR) is 93.2 cm³/mol. The molecule has 4 heteroatoms. The number of unbranched alkanes of at least 4 members (excludes halogenated alkanes) is 2. The van der Waals surface area contributed by atoms with Crippen LogP contribution in [0.4, 0.5) is 5.69 Å². The molecule has 0 aromatic heterocycles. The van der Waals surface area contributed by atoms with E-state index in [-0.39, 0.29) is 0 Å². The molecule has 0 aliphatic rings. The highest BCUT2D eigenvalue weighted by atomic mass is 17.2. The van der Waals surface area contributed by atoms with Crippen LogP contribution in [0.15, 0.2) is 42.5 Å². The highest BCUT2D eigenvalue weighted by Crippen LogP contribution is 2.26. The molecule has 2 rings (SSSR count). The molecule has 23 heavy (non-hydrogen) atoms. The van der Waals surface area contributed by atoms with E-state index < -0.39 is 11.5 Å². The van der Waals surface area contributed by atoms with Crippen LogP contribution >= 0.6 is 0 Å². The lowest BCUT2D eigenvalue weighted by molar-refractivity contribution is -0.275. The first-order chi connectivity index (χ1) is 11.0. The summed E-state index contributed by atoms with van der Waals surface area (Å²) in [5.41, 5.74) is 0.0190. The van der Waals surface area contributed by atoms with Crippen LogP contribution in [0, 0.1) is 0 Å². The summed E-state index contributed by atoms with van der Waals surface area (Å²) in [4.78, 5) is 22.2. The maximum atomic E-state index is 12.2.